The Morgan fingerprint density at radius 3 is 2.26 bits per heavy atom. The Hall–Kier alpha value is -2.29. The lowest BCUT2D eigenvalue weighted by molar-refractivity contribution is -0.137. The summed E-state index contributed by atoms with van der Waals surface area (Å²) in [5, 5.41) is 18.8. The molecule has 2 rings (SSSR count). The van der Waals surface area contributed by atoms with Crippen molar-refractivity contribution in [2.45, 2.75) is 18.8 Å². The van der Waals surface area contributed by atoms with E-state index in [0.29, 0.717) is 6.42 Å². The number of phenolic OH excluding ortho intramolecular Hbond substituents is 1. The Bertz CT molecular complexity index is 549. The van der Waals surface area contributed by atoms with Crippen LogP contribution in [0.2, 0.25) is 0 Å². The van der Waals surface area contributed by atoms with E-state index >= 15 is 0 Å². The normalized spacial score (nSPS) is 12.0. The fraction of sp³-hybridized carbons (Fsp3) is 0.188. The Morgan fingerprint density at radius 1 is 1.00 bits per heavy atom. The van der Waals surface area contributed by atoms with E-state index in [1.54, 1.807) is 12.1 Å². The van der Waals surface area contributed by atoms with Crippen molar-refractivity contribution in [3.8, 4) is 5.75 Å². The molecule has 0 bridgehead atoms. The Morgan fingerprint density at radius 2 is 1.63 bits per heavy atom. The van der Waals surface area contributed by atoms with Gasteiger partial charge >= 0.3 is 5.97 Å². The summed E-state index contributed by atoms with van der Waals surface area (Å²) in [5.41, 5.74) is 1.76. The molecule has 0 saturated carbocycles. The van der Waals surface area contributed by atoms with E-state index in [0.717, 1.165) is 11.1 Å². The van der Waals surface area contributed by atoms with E-state index in [9.17, 15) is 9.90 Å². The second kappa shape index (κ2) is 6.05. The highest BCUT2D eigenvalue weighted by Gasteiger charge is 2.17. The molecule has 2 N–H and O–H groups in total. The first-order chi connectivity index (χ1) is 9.16. The molecule has 98 valence electrons. The second-order valence-electron chi connectivity index (χ2n) is 4.54. The summed E-state index contributed by atoms with van der Waals surface area (Å²) in [5.74, 6) is -0.745. The third-order valence-electron chi connectivity index (χ3n) is 3.15. The van der Waals surface area contributed by atoms with Crippen LogP contribution in [0.25, 0.3) is 0 Å². The van der Waals surface area contributed by atoms with Crippen molar-refractivity contribution in [2.24, 2.45) is 0 Å². The van der Waals surface area contributed by atoms with Gasteiger partial charge in [0.25, 0.3) is 0 Å². The molecule has 0 fully saturated rings. The van der Waals surface area contributed by atoms with Gasteiger partial charge in [-0.05, 0) is 29.5 Å². The molecule has 1 atom stereocenters. The molecule has 0 aliphatic heterocycles. The lowest BCUT2D eigenvalue weighted by atomic mass is 9.89. The number of phenols is 1. The Labute approximate surface area is 112 Å². The molecular formula is C16H16O3. The Balaban J connectivity index is 2.24. The summed E-state index contributed by atoms with van der Waals surface area (Å²) in [6.07, 6.45) is 0.571. The highest BCUT2D eigenvalue weighted by Crippen LogP contribution is 2.28. The number of carboxylic acids is 1. The first-order valence-electron chi connectivity index (χ1n) is 6.20. The molecule has 0 aliphatic carbocycles. The molecule has 0 saturated heterocycles. The van der Waals surface area contributed by atoms with E-state index in [1.807, 2.05) is 42.5 Å². The topological polar surface area (TPSA) is 57.5 Å². The van der Waals surface area contributed by atoms with Crippen molar-refractivity contribution in [3.63, 3.8) is 0 Å². The summed E-state index contributed by atoms with van der Waals surface area (Å²) >= 11 is 0. The van der Waals surface area contributed by atoms with Crippen LogP contribution in [0.3, 0.4) is 0 Å². The van der Waals surface area contributed by atoms with E-state index in [4.69, 9.17) is 5.11 Å². The summed E-state index contributed by atoms with van der Waals surface area (Å²) in [4.78, 5) is 11.0. The molecule has 0 aliphatic rings. The number of benzene rings is 2. The largest absolute Gasteiger partial charge is 0.508 e. The van der Waals surface area contributed by atoms with Gasteiger partial charge in [-0.3, -0.25) is 4.79 Å². The van der Waals surface area contributed by atoms with E-state index in [-0.39, 0.29) is 18.1 Å². The first kappa shape index (κ1) is 13.1. The fourth-order valence-corrected chi connectivity index (χ4v) is 2.19. The molecule has 0 radical (unpaired) electrons. The average molecular weight is 256 g/mol. The first-order valence-corrected chi connectivity index (χ1v) is 6.20. The van der Waals surface area contributed by atoms with Crippen LogP contribution >= 0.6 is 0 Å². The van der Waals surface area contributed by atoms with Crippen LogP contribution in [-0.2, 0) is 11.2 Å². The molecule has 2 aromatic carbocycles. The monoisotopic (exact) mass is 256 g/mol. The predicted molar refractivity (Wildman–Crippen MR) is 73.2 cm³/mol. The van der Waals surface area contributed by atoms with E-state index < -0.39 is 5.97 Å². The lowest BCUT2D eigenvalue weighted by Crippen LogP contribution is -2.09. The predicted octanol–water partition coefficient (Wildman–Crippen LogP) is 3.19. The minimum absolute atomic E-state index is 0.0539. The standard InChI is InChI=1S/C16H16O3/c17-15-9-5-4-8-13(15)10-14(11-16(18)19)12-6-2-1-3-7-12/h1-9,14,17H,10-11H2,(H,18,19). The van der Waals surface area contributed by atoms with E-state index in [1.165, 1.54) is 0 Å². The maximum absolute atomic E-state index is 11.0. The summed E-state index contributed by atoms with van der Waals surface area (Å²) in [6, 6.07) is 16.6. The zero-order valence-electron chi connectivity index (χ0n) is 10.5. The van der Waals surface area contributed by atoms with E-state index in [2.05, 4.69) is 0 Å². The van der Waals surface area contributed by atoms with Gasteiger partial charge < -0.3 is 10.2 Å². The third kappa shape index (κ3) is 3.58. The SMILES string of the molecule is O=C(O)CC(Cc1ccccc1O)c1ccccc1. The van der Waals surface area contributed by atoms with Crippen LogP contribution in [0.4, 0.5) is 0 Å². The van der Waals surface area contributed by atoms with Gasteiger partial charge in [0.2, 0.25) is 0 Å². The maximum atomic E-state index is 11.0. The van der Waals surface area contributed by atoms with Crippen molar-refractivity contribution >= 4 is 5.97 Å². The van der Waals surface area contributed by atoms with Gasteiger partial charge in [-0.15, -0.1) is 0 Å². The van der Waals surface area contributed by atoms with Crippen molar-refractivity contribution in [1.82, 2.24) is 0 Å². The van der Waals surface area contributed by atoms with Crippen LogP contribution in [0.15, 0.2) is 54.6 Å². The number of para-hydroxylation sites is 1. The highest BCUT2D eigenvalue weighted by atomic mass is 16.4. The van der Waals surface area contributed by atoms with Gasteiger partial charge in [0.1, 0.15) is 5.75 Å². The Kier molecular flexibility index (Phi) is 4.18. The number of aliphatic carboxylic acids is 1. The van der Waals surface area contributed by atoms with Crippen LogP contribution in [0.1, 0.15) is 23.5 Å². The van der Waals surface area contributed by atoms with Crippen LogP contribution in [-0.4, -0.2) is 16.2 Å². The average Bonchev–Trinajstić information content (AvgIpc) is 2.41. The molecule has 0 spiro atoms. The van der Waals surface area contributed by atoms with Gasteiger partial charge in [-0.25, -0.2) is 0 Å². The molecular weight excluding hydrogens is 240 g/mol. The van der Waals surface area contributed by atoms with Gasteiger partial charge in [0, 0.05) is 0 Å². The number of carbonyl (C=O) groups is 1. The highest BCUT2D eigenvalue weighted by molar-refractivity contribution is 5.68. The molecule has 19 heavy (non-hydrogen) atoms. The number of rotatable bonds is 5. The summed E-state index contributed by atoms with van der Waals surface area (Å²) < 4.78 is 0. The zero-order chi connectivity index (χ0) is 13.7. The van der Waals surface area contributed by atoms with Gasteiger partial charge in [-0.2, -0.15) is 0 Å². The zero-order valence-corrected chi connectivity index (χ0v) is 10.5. The quantitative estimate of drug-likeness (QED) is 0.863. The second-order valence-corrected chi connectivity index (χ2v) is 4.54. The number of hydrogen-bond donors (Lipinski definition) is 2. The smallest absolute Gasteiger partial charge is 0.303 e. The molecule has 0 heterocycles. The van der Waals surface area contributed by atoms with Crippen molar-refractivity contribution < 1.29 is 15.0 Å². The molecule has 3 heteroatoms. The summed E-state index contributed by atoms with van der Waals surface area (Å²) in [7, 11) is 0. The molecule has 0 aromatic heterocycles. The fourth-order valence-electron chi connectivity index (χ4n) is 2.19. The molecule has 3 nitrogen and oxygen atoms in total. The van der Waals surface area contributed by atoms with Crippen molar-refractivity contribution in [3.05, 3.63) is 65.7 Å². The van der Waals surface area contributed by atoms with Crippen LogP contribution in [0, 0.1) is 0 Å². The van der Waals surface area contributed by atoms with Crippen LogP contribution < -0.4 is 0 Å². The lowest BCUT2D eigenvalue weighted by Gasteiger charge is -2.16. The maximum Gasteiger partial charge on any atom is 0.303 e. The number of aromatic hydroxyl groups is 1. The van der Waals surface area contributed by atoms with Crippen LogP contribution in [0.5, 0.6) is 5.75 Å². The molecule has 2 aromatic rings. The summed E-state index contributed by atoms with van der Waals surface area (Å²) in [6.45, 7) is 0. The van der Waals surface area contributed by atoms with Gasteiger partial charge in [0.15, 0.2) is 0 Å². The minimum atomic E-state index is -0.829. The number of hydrogen-bond acceptors (Lipinski definition) is 2. The number of carboxylic acid groups (broad SMARTS) is 1. The minimum Gasteiger partial charge on any atom is -0.508 e. The van der Waals surface area contributed by atoms with Gasteiger partial charge in [0.05, 0.1) is 6.42 Å². The van der Waals surface area contributed by atoms with Gasteiger partial charge in [-0.1, -0.05) is 48.5 Å². The van der Waals surface area contributed by atoms with Crippen molar-refractivity contribution in [1.29, 1.82) is 0 Å². The van der Waals surface area contributed by atoms with Crippen molar-refractivity contribution in [2.75, 3.05) is 0 Å². The third-order valence-corrected chi connectivity index (χ3v) is 3.15. The molecule has 0 amide bonds. The molecule has 1 unspecified atom stereocenters.